The molecule has 43 heavy (non-hydrogen) atoms. The van der Waals surface area contributed by atoms with Gasteiger partial charge in [-0.2, -0.15) is 12.7 Å². The third kappa shape index (κ3) is 8.45. The average molecular weight is 605 g/mol. The Morgan fingerprint density at radius 1 is 0.860 bits per heavy atom. The second-order valence-electron chi connectivity index (χ2n) is 11.6. The molecule has 4 rings (SSSR count). The number of anilines is 1. The predicted molar refractivity (Wildman–Crippen MR) is 172 cm³/mol. The summed E-state index contributed by atoms with van der Waals surface area (Å²) >= 11 is 0. The van der Waals surface area contributed by atoms with E-state index < -0.39 is 28.7 Å². The van der Waals surface area contributed by atoms with E-state index in [0.717, 1.165) is 63.0 Å². The van der Waals surface area contributed by atoms with Crippen molar-refractivity contribution in [3.63, 3.8) is 0 Å². The first-order chi connectivity index (χ1) is 20.6. The lowest BCUT2D eigenvalue weighted by atomic mass is 9.94. The van der Waals surface area contributed by atoms with Gasteiger partial charge in [-0.1, -0.05) is 92.1 Å². The predicted octanol–water partition coefficient (Wildman–Crippen LogP) is 5.01. The van der Waals surface area contributed by atoms with Crippen molar-refractivity contribution in [2.45, 2.75) is 71.0 Å². The summed E-state index contributed by atoms with van der Waals surface area (Å²) in [5.41, 5.74) is 3.82. The Balaban J connectivity index is 1.76. The molecule has 1 fully saturated rings. The zero-order valence-electron chi connectivity index (χ0n) is 25.7. The maximum absolute atomic E-state index is 14.4. The van der Waals surface area contributed by atoms with E-state index in [4.69, 9.17) is 0 Å². The van der Waals surface area contributed by atoms with Crippen LogP contribution < -0.4 is 9.62 Å². The average Bonchev–Trinajstić information content (AvgIpc) is 3.00. The van der Waals surface area contributed by atoms with E-state index >= 15 is 0 Å². The van der Waals surface area contributed by atoms with E-state index in [1.807, 2.05) is 86.6 Å². The van der Waals surface area contributed by atoms with Crippen LogP contribution in [0.1, 0.15) is 54.4 Å². The topological polar surface area (TPSA) is 90.0 Å². The smallest absolute Gasteiger partial charge is 0.304 e. The highest BCUT2D eigenvalue weighted by atomic mass is 32.2. The number of rotatable bonds is 12. The Bertz CT molecular complexity index is 1470. The molecule has 1 N–H and O–H groups in total. The molecule has 9 heteroatoms. The van der Waals surface area contributed by atoms with E-state index in [2.05, 4.69) is 5.32 Å². The number of hydrogen-bond acceptors (Lipinski definition) is 4. The van der Waals surface area contributed by atoms with E-state index in [1.54, 1.807) is 11.0 Å². The summed E-state index contributed by atoms with van der Waals surface area (Å²) in [6.07, 6.45) is 5.42. The van der Waals surface area contributed by atoms with Crippen LogP contribution in [0.5, 0.6) is 0 Å². The molecule has 0 bridgehead atoms. The second kappa shape index (κ2) is 14.7. The summed E-state index contributed by atoms with van der Waals surface area (Å²) in [6, 6.07) is 23.9. The first kappa shape index (κ1) is 32.2. The maximum atomic E-state index is 14.4. The largest absolute Gasteiger partial charge is 0.352 e. The summed E-state index contributed by atoms with van der Waals surface area (Å²) in [6.45, 7) is 3.44. The van der Waals surface area contributed by atoms with Gasteiger partial charge in [0.2, 0.25) is 11.8 Å². The highest BCUT2D eigenvalue weighted by Crippen LogP contribution is 2.26. The van der Waals surface area contributed by atoms with Gasteiger partial charge in [-0.3, -0.25) is 9.59 Å². The summed E-state index contributed by atoms with van der Waals surface area (Å²) in [5.74, 6) is -0.663. The van der Waals surface area contributed by atoms with Crippen LogP contribution >= 0.6 is 0 Å². The van der Waals surface area contributed by atoms with E-state index in [9.17, 15) is 18.0 Å². The fourth-order valence-electron chi connectivity index (χ4n) is 5.57. The first-order valence-corrected chi connectivity index (χ1v) is 16.4. The minimum atomic E-state index is -4.04. The van der Waals surface area contributed by atoms with E-state index in [1.165, 1.54) is 14.1 Å². The fraction of sp³-hybridized carbons (Fsp3) is 0.412. The third-order valence-electron chi connectivity index (χ3n) is 8.07. The molecule has 0 unspecified atom stereocenters. The number of nitrogens with one attached hydrogen (secondary N) is 1. The van der Waals surface area contributed by atoms with Crippen molar-refractivity contribution < 1.29 is 18.0 Å². The van der Waals surface area contributed by atoms with Gasteiger partial charge in [0.1, 0.15) is 12.6 Å². The van der Waals surface area contributed by atoms with Crippen LogP contribution in [-0.2, 0) is 32.8 Å². The molecule has 230 valence electrons. The monoisotopic (exact) mass is 604 g/mol. The molecular weight excluding hydrogens is 560 g/mol. The van der Waals surface area contributed by atoms with Crippen LogP contribution in [0, 0.1) is 13.8 Å². The summed E-state index contributed by atoms with van der Waals surface area (Å²) in [5, 5.41) is 3.24. The molecule has 1 atom stereocenters. The minimum Gasteiger partial charge on any atom is -0.352 e. The van der Waals surface area contributed by atoms with Crippen molar-refractivity contribution in [1.82, 2.24) is 14.5 Å². The van der Waals surface area contributed by atoms with Crippen LogP contribution in [0.25, 0.3) is 0 Å². The second-order valence-corrected chi connectivity index (χ2v) is 13.7. The number of nitrogens with zero attached hydrogens (tertiary/aromatic N) is 3. The molecule has 0 radical (unpaired) electrons. The zero-order valence-corrected chi connectivity index (χ0v) is 26.5. The highest BCUT2D eigenvalue weighted by molar-refractivity contribution is 7.90. The van der Waals surface area contributed by atoms with Crippen molar-refractivity contribution >= 4 is 27.7 Å². The molecule has 1 saturated carbocycles. The maximum Gasteiger partial charge on any atom is 0.304 e. The van der Waals surface area contributed by atoms with Crippen molar-refractivity contribution in [1.29, 1.82) is 0 Å². The first-order valence-electron chi connectivity index (χ1n) is 15.0. The molecule has 0 aliphatic heterocycles. The van der Waals surface area contributed by atoms with Gasteiger partial charge in [-0.25, -0.2) is 4.31 Å². The van der Waals surface area contributed by atoms with Crippen molar-refractivity contribution in [2.24, 2.45) is 0 Å². The number of carbonyl (C=O) groups excluding carboxylic acids is 2. The Labute approximate surface area is 256 Å². The SMILES string of the molecule is Cc1ccc(C)c(N(CC(=O)N(Cc2ccccc2)[C@H](Cc2ccccc2)C(=O)NC2CCCCC2)S(=O)(=O)N(C)C)c1. The standard InChI is InChI=1S/C34H44N4O4S/c1-26-20-21-27(2)31(22-26)38(43(41,42)36(3)4)25-33(39)37(24-29-16-10-6-11-17-29)32(23-28-14-8-5-9-15-28)34(40)35-30-18-12-7-13-19-30/h5-6,8-11,14-17,20-22,30,32H,7,12-13,18-19,23-25H2,1-4H3,(H,35,40)/t32-/m1/s1. The van der Waals surface area contributed by atoms with Crippen LogP contribution in [0.15, 0.2) is 78.9 Å². The molecule has 0 aromatic heterocycles. The number of amides is 2. The summed E-state index contributed by atoms with van der Waals surface area (Å²) in [4.78, 5) is 30.1. The van der Waals surface area contributed by atoms with Crippen molar-refractivity contribution in [3.05, 3.63) is 101 Å². The molecule has 0 saturated heterocycles. The Morgan fingerprint density at radius 2 is 1.47 bits per heavy atom. The van der Waals surface area contributed by atoms with E-state index in [0.29, 0.717) is 12.1 Å². The van der Waals surface area contributed by atoms with Gasteiger partial charge in [-0.15, -0.1) is 0 Å². The summed E-state index contributed by atoms with van der Waals surface area (Å²) in [7, 11) is -1.13. The van der Waals surface area contributed by atoms with Gasteiger partial charge >= 0.3 is 10.2 Å². The van der Waals surface area contributed by atoms with Gasteiger partial charge in [0.15, 0.2) is 0 Å². The zero-order chi connectivity index (χ0) is 31.0. The van der Waals surface area contributed by atoms with Gasteiger partial charge in [0, 0.05) is 33.1 Å². The van der Waals surface area contributed by atoms with Gasteiger partial charge in [0.05, 0.1) is 5.69 Å². The van der Waals surface area contributed by atoms with Crippen LogP contribution in [-0.4, -0.2) is 62.2 Å². The molecule has 1 aliphatic carbocycles. The van der Waals surface area contributed by atoms with Gasteiger partial charge in [0.25, 0.3) is 0 Å². The highest BCUT2D eigenvalue weighted by Gasteiger charge is 2.36. The summed E-state index contributed by atoms with van der Waals surface area (Å²) < 4.78 is 29.6. The Kier molecular flexibility index (Phi) is 11.0. The molecule has 0 spiro atoms. The van der Waals surface area contributed by atoms with Crippen molar-refractivity contribution in [2.75, 3.05) is 24.9 Å². The number of carbonyl (C=O) groups is 2. The Morgan fingerprint density at radius 3 is 2.07 bits per heavy atom. The van der Waals surface area contributed by atoms with Gasteiger partial charge < -0.3 is 10.2 Å². The third-order valence-corrected chi connectivity index (χ3v) is 9.88. The lowest BCUT2D eigenvalue weighted by molar-refractivity contribution is -0.140. The molecule has 8 nitrogen and oxygen atoms in total. The lowest BCUT2D eigenvalue weighted by Gasteiger charge is -2.35. The Hall–Kier alpha value is -3.69. The molecule has 0 heterocycles. The van der Waals surface area contributed by atoms with Crippen LogP contribution in [0.2, 0.25) is 0 Å². The quantitative estimate of drug-likeness (QED) is 0.315. The number of aryl methyl sites for hydroxylation is 2. The van der Waals surface area contributed by atoms with E-state index in [-0.39, 0.29) is 18.5 Å². The molecular formula is C34H44N4O4S. The molecule has 3 aromatic carbocycles. The molecule has 2 amide bonds. The van der Waals surface area contributed by atoms with Crippen molar-refractivity contribution in [3.8, 4) is 0 Å². The lowest BCUT2D eigenvalue weighted by Crippen LogP contribution is -2.55. The van der Waals surface area contributed by atoms with Crippen LogP contribution in [0.4, 0.5) is 5.69 Å². The fourth-order valence-corrected chi connectivity index (χ4v) is 6.68. The normalized spacial score (nSPS) is 14.7. The molecule has 1 aliphatic rings. The molecule has 3 aromatic rings. The van der Waals surface area contributed by atoms with Crippen LogP contribution in [0.3, 0.4) is 0 Å². The number of benzene rings is 3. The van der Waals surface area contributed by atoms with Gasteiger partial charge in [-0.05, 0) is 55.0 Å². The minimum absolute atomic E-state index is 0.0637. The number of hydrogen-bond donors (Lipinski definition) is 1.